The van der Waals surface area contributed by atoms with Gasteiger partial charge in [-0.2, -0.15) is 0 Å². The second-order valence-electron chi connectivity index (χ2n) is 4.06. The Morgan fingerprint density at radius 2 is 2.25 bits per heavy atom. The predicted octanol–water partition coefficient (Wildman–Crippen LogP) is 2.07. The first-order valence-corrected chi connectivity index (χ1v) is 5.29. The molecule has 0 aliphatic rings. The lowest BCUT2D eigenvalue weighted by Gasteiger charge is -2.08. The minimum absolute atomic E-state index is 0.0517. The first kappa shape index (κ1) is 10.7. The van der Waals surface area contributed by atoms with Crippen molar-refractivity contribution in [2.45, 2.75) is 26.8 Å². The van der Waals surface area contributed by atoms with E-state index in [-0.39, 0.29) is 11.9 Å². The van der Waals surface area contributed by atoms with E-state index < -0.39 is 0 Å². The molecule has 0 spiro atoms. The Labute approximate surface area is 94.1 Å². The van der Waals surface area contributed by atoms with Crippen molar-refractivity contribution in [2.24, 2.45) is 0 Å². The fourth-order valence-corrected chi connectivity index (χ4v) is 1.72. The van der Waals surface area contributed by atoms with Gasteiger partial charge in [-0.05, 0) is 31.5 Å². The smallest absolute Gasteiger partial charge is 0.217 e. The molecule has 2 N–H and O–H groups in total. The molecule has 1 unspecified atom stereocenters. The normalized spacial score (nSPS) is 12.7. The monoisotopic (exact) mass is 217 g/mol. The molecule has 4 nitrogen and oxygen atoms in total. The van der Waals surface area contributed by atoms with E-state index in [9.17, 15) is 4.79 Å². The number of nitrogens with zero attached hydrogens (tertiary/aromatic N) is 1. The maximum Gasteiger partial charge on any atom is 0.217 e. The molecule has 0 radical (unpaired) electrons. The van der Waals surface area contributed by atoms with Gasteiger partial charge in [-0.1, -0.05) is 6.07 Å². The molecule has 0 aliphatic heterocycles. The average Bonchev–Trinajstić information content (AvgIpc) is 2.59. The first-order chi connectivity index (χ1) is 7.56. The molecule has 0 fully saturated rings. The van der Waals surface area contributed by atoms with E-state index >= 15 is 0 Å². The van der Waals surface area contributed by atoms with Gasteiger partial charge in [-0.3, -0.25) is 4.79 Å². The molecule has 2 aromatic rings. The van der Waals surface area contributed by atoms with Crippen LogP contribution in [0.5, 0.6) is 0 Å². The summed E-state index contributed by atoms with van der Waals surface area (Å²) in [5.41, 5.74) is 3.12. The average molecular weight is 217 g/mol. The summed E-state index contributed by atoms with van der Waals surface area (Å²) in [5.74, 6) is 0.736. The molecule has 0 aliphatic carbocycles. The van der Waals surface area contributed by atoms with Crippen LogP contribution in [-0.4, -0.2) is 15.9 Å². The number of amides is 1. The molecule has 2 rings (SSSR count). The van der Waals surface area contributed by atoms with Gasteiger partial charge >= 0.3 is 0 Å². The van der Waals surface area contributed by atoms with Crippen LogP contribution < -0.4 is 5.32 Å². The fraction of sp³-hybridized carbons (Fsp3) is 0.333. The zero-order valence-electron chi connectivity index (χ0n) is 9.66. The number of aryl methyl sites for hydroxylation is 1. The minimum atomic E-state index is -0.0924. The molecule has 1 atom stereocenters. The molecule has 1 aromatic carbocycles. The van der Waals surface area contributed by atoms with Gasteiger partial charge < -0.3 is 10.3 Å². The van der Waals surface area contributed by atoms with E-state index in [0.717, 1.165) is 16.9 Å². The van der Waals surface area contributed by atoms with E-state index in [1.165, 1.54) is 12.5 Å². The van der Waals surface area contributed by atoms with E-state index in [4.69, 9.17) is 0 Å². The van der Waals surface area contributed by atoms with Crippen LogP contribution in [-0.2, 0) is 4.79 Å². The number of aromatic nitrogens is 2. The number of rotatable bonds is 2. The Morgan fingerprint density at radius 1 is 1.50 bits per heavy atom. The quantitative estimate of drug-likeness (QED) is 0.809. The summed E-state index contributed by atoms with van der Waals surface area (Å²) in [6, 6.07) is 5.96. The Bertz CT molecular complexity index is 530. The predicted molar refractivity (Wildman–Crippen MR) is 63.1 cm³/mol. The minimum Gasteiger partial charge on any atom is -0.347 e. The molecule has 0 bridgehead atoms. The zero-order chi connectivity index (χ0) is 11.7. The lowest BCUT2D eigenvalue weighted by molar-refractivity contribution is -0.119. The molecule has 0 saturated carbocycles. The SMILES string of the molecule is CC(=O)NC(C)c1nc2ccc(C)cc2[nH]1. The van der Waals surface area contributed by atoms with Crippen LogP contribution in [0.1, 0.15) is 31.3 Å². The van der Waals surface area contributed by atoms with Gasteiger partial charge in [0.1, 0.15) is 5.82 Å². The molecule has 1 heterocycles. The van der Waals surface area contributed by atoms with Crippen molar-refractivity contribution >= 4 is 16.9 Å². The van der Waals surface area contributed by atoms with Gasteiger partial charge in [0, 0.05) is 6.92 Å². The fourth-order valence-electron chi connectivity index (χ4n) is 1.72. The molecule has 0 saturated heterocycles. The Balaban J connectivity index is 2.35. The van der Waals surface area contributed by atoms with Crippen LogP contribution in [0.3, 0.4) is 0 Å². The summed E-state index contributed by atoms with van der Waals surface area (Å²) in [4.78, 5) is 18.6. The van der Waals surface area contributed by atoms with Crippen molar-refractivity contribution < 1.29 is 4.79 Å². The molecular formula is C12H15N3O. The zero-order valence-corrected chi connectivity index (χ0v) is 9.66. The summed E-state index contributed by atoms with van der Waals surface area (Å²) in [5, 5.41) is 2.80. The highest BCUT2D eigenvalue weighted by molar-refractivity contribution is 5.76. The number of hydrogen-bond donors (Lipinski definition) is 2. The first-order valence-electron chi connectivity index (χ1n) is 5.29. The number of carbonyl (C=O) groups excluding carboxylic acids is 1. The number of carbonyl (C=O) groups is 1. The van der Waals surface area contributed by atoms with Gasteiger partial charge in [0.05, 0.1) is 17.1 Å². The Morgan fingerprint density at radius 3 is 2.94 bits per heavy atom. The summed E-state index contributed by atoms with van der Waals surface area (Å²) in [6.07, 6.45) is 0. The van der Waals surface area contributed by atoms with Crippen molar-refractivity contribution in [3.8, 4) is 0 Å². The lowest BCUT2D eigenvalue weighted by atomic mass is 10.2. The van der Waals surface area contributed by atoms with Gasteiger partial charge in [-0.25, -0.2) is 4.98 Å². The van der Waals surface area contributed by atoms with Crippen molar-refractivity contribution in [1.82, 2.24) is 15.3 Å². The molecule has 84 valence electrons. The van der Waals surface area contributed by atoms with Crippen molar-refractivity contribution in [3.05, 3.63) is 29.6 Å². The van der Waals surface area contributed by atoms with Crippen LogP contribution in [0.25, 0.3) is 11.0 Å². The van der Waals surface area contributed by atoms with Crippen molar-refractivity contribution in [1.29, 1.82) is 0 Å². The highest BCUT2D eigenvalue weighted by Crippen LogP contribution is 2.16. The second kappa shape index (κ2) is 3.96. The highest BCUT2D eigenvalue weighted by atomic mass is 16.1. The Kier molecular flexibility index (Phi) is 2.64. The van der Waals surface area contributed by atoms with Gasteiger partial charge in [0.25, 0.3) is 0 Å². The molecule has 1 amide bonds. The largest absolute Gasteiger partial charge is 0.347 e. The maximum absolute atomic E-state index is 10.9. The van der Waals surface area contributed by atoms with Crippen molar-refractivity contribution in [2.75, 3.05) is 0 Å². The summed E-state index contributed by atoms with van der Waals surface area (Å²) < 4.78 is 0. The lowest BCUT2D eigenvalue weighted by Crippen LogP contribution is -2.24. The van der Waals surface area contributed by atoms with E-state index in [2.05, 4.69) is 15.3 Å². The van der Waals surface area contributed by atoms with Crippen LogP contribution in [0, 0.1) is 6.92 Å². The molecule has 16 heavy (non-hydrogen) atoms. The Hall–Kier alpha value is -1.84. The highest BCUT2D eigenvalue weighted by Gasteiger charge is 2.11. The van der Waals surface area contributed by atoms with E-state index in [1.807, 2.05) is 32.0 Å². The van der Waals surface area contributed by atoms with Crippen LogP contribution in [0.4, 0.5) is 0 Å². The van der Waals surface area contributed by atoms with E-state index in [1.54, 1.807) is 0 Å². The second-order valence-corrected chi connectivity index (χ2v) is 4.06. The number of imidazole rings is 1. The van der Waals surface area contributed by atoms with Crippen LogP contribution in [0.2, 0.25) is 0 Å². The molecular weight excluding hydrogens is 202 g/mol. The van der Waals surface area contributed by atoms with Gasteiger partial charge in [0.2, 0.25) is 5.91 Å². The number of aromatic amines is 1. The number of hydrogen-bond acceptors (Lipinski definition) is 2. The number of nitrogens with one attached hydrogen (secondary N) is 2. The third-order valence-corrected chi connectivity index (χ3v) is 2.49. The van der Waals surface area contributed by atoms with Crippen LogP contribution >= 0.6 is 0 Å². The van der Waals surface area contributed by atoms with E-state index in [0.29, 0.717) is 0 Å². The third kappa shape index (κ3) is 2.05. The summed E-state index contributed by atoms with van der Waals surface area (Å²) in [6.45, 7) is 5.45. The summed E-state index contributed by atoms with van der Waals surface area (Å²) >= 11 is 0. The third-order valence-electron chi connectivity index (χ3n) is 2.49. The topological polar surface area (TPSA) is 57.8 Å². The molecule has 4 heteroatoms. The number of benzene rings is 1. The van der Waals surface area contributed by atoms with Crippen molar-refractivity contribution in [3.63, 3.8) is 0 Å². The van der Waals surface area contributed by atoms with Crippen LogP contribution in [0.15, 0.2) is 18.2 Å². The standard InChI is InChI=1S/C12H15N3O/c1-7-4-5-10-11(6-7)15-12(14-10)8(2)13-9(3)16/h4-6,8H,1-3H3,(H,13,16)(H,14,15). The van der Waals surface area contributed by atoms with Gasteiger partial charge in [-0.15, -0.1) is 0 Å². The van der Waals surface area contributed by atoms with Gasteiger partial charge in [0.15, 0.2) is 0 Å². The maximum atomic E-state index is 10.9. The summed E-state index contributed by atoms with van der Waals surface area (Å²) in [7, 11) is 0. The number of H-pyrrole nitrogens is 1. The molecule has 1 aromatic heterocycles. The number of fused-ring (bicyclic) bond motifs is 1.